The summed E-state index contributed by atoms with van der Waals surface area (Å²) >= 11 is 0. The second-order valence-electron chi connectivity index (χ2n) is 5.32. The molecule has 21 heavy (non-hydrogen) atoms. The van der Waals surface area contributed by atoms with Crippen LogP contribution in [0.5, 0.6) is 0 Å². The van der Waals surface area contributed by atoms with Crippen LogP contribution in [0.4, 0.5) is 0 Å². The Hall–Kier alpha value is -0.650. The van der Waals surface area contributed by atoms with Gasteiger partial charge in [0.2, 0.25) is 0 Å². The molecule has 1 atom stereocenters. The van der Waals surface area contributed by atoms with Crippen molar-refractivity contribution >= 4 is 5.97 Å². The van der Waals surface area contributed by atoms with Crippen LogP contribution in [0.15, 0.2) is 0 Å². The maximum absolute atomic E-state index is 10.3. The van der Waals surface area contributed by atoms with Crippen LogP contribution in [0, 0.1) is 0 Å². The Morgan fingerprint density at radius 1 is 0.952 bits per heavy atom. The zero-order valence-electron chi connectivity index (χ0n) is 13.6. The van der Waals surface area contributed by atoms with E-state index in [0.29, 0.717) is 13.2 Å². The summed E-state index contributed by atoms with van der Waals surface area (Å²) in [6.07, 6.45) is 10.4. The van der Waals surface area contributed by atoms with Gasteiger partial charge >= 0.3 is 5.97 Å². The standard InChI is InChI=1S/C16H32O5/c1-15(19-2)21-14-20-13-11-9-7-5-3-4-6-8-10-12-16(17)18/h15H,3-14H2,1-2H3,(H,17,18). The molecule has 1 unspecified atom stereocenters. The van der Waals surface area contributed by atoms with Crippen molar-refractivity contribution in [1.29, 1.82) is 0 Å². The molecule has 0 saturated heterocycles. The van der Waals surface area contributed by atoms with Crippen molar-refractivity contribution in [2.24, 2.45) is 0 Å². The Bertz CT molecular complexity index is 233. The van der Waals surface area contributed by atoms with Crippen molar-refractivity contribution in [3.63, 3.8) is 0 Å². The summed E-state index contributed by atoms with van der Waals surface area (Å²) in [5, 5.41) is 8.51. The van der Waals surface area contributed by atoms with E-state index in [1.54, 1.807) is 7.11 Å². The van der Waals surface area contributed by atoms with Crippen LogP contribution >= 0.6 is 0 Å². The van der Waals surface area contributed by atoms with Crippen molar-refractivity contribution in [3.8, 4) is 0 Å². The molecule has 1 N–H and O–H groups in total. The number of carbonyl (C=O) groups is 1. The summed E-state index contributed by atoms with van der Waals surface area (Å²) in [5.41, 5.74) is 0. The molecule has 0 amide bonds. The van der Waals surface area contributed by atoms with E-state index in [4.69, 9.17) is 19.3 Å². The quantitative estimate of drug-likeness (QED) is 0.345. The highest BCUT2D eigenvalue weighted by Crippen LogP contribution is 2.10. The fourth-order valence-corrected chi connectivity index (χ4v) is 1.99. The molecule has 0 bridgehead atoms. The minimum Gasteiger partial charge on any atom is -0.481 e. The minimum atomic E-state index is -0.681. The van der Waals surface area contributed by atoms with Crippen LogP contribution in [0.25, 0.3) is 0 Å². The Morgan fingerprint density at radius 2 is 1.48 bits per heavy atom. The molecule has 0 fully saturated rings. The fraction of sp³-hybridized carbons (Fsp3) is 0.938. The van der Waals surface area contributed by atoms with E-state index >= 15 is 0 Å². The lowest BCUT2D eigenvalue weighted by Gasteiger charge is -2.10. The summed E-state index contributed by atoms with van der Waals surface area (Å²) in [6, 6.07) is 0. The van der Waals surface area contributed by atoms with E-state index in [1.807, 2.05) is 6.92 Å². The lowest BCUT2D eigenvalue weighted by molar-refractivity contribution is -0.174. The second-order valence-corrected chi connectivity index (χ2v) is 5.32. The predicted molar refractivity (Wildman–Crippen MR) is 82.2 cm³/mol. The van der Waals surface area contributed by atoms with Crippen molar-refractivity contribution in [2.45, 2.75) is 77.4 Å². The molecule has 0 saturated carbocycles. The zero-order chi connectivity index (χ0) is 15.8. The first-order chi connectivity index (χ1) is 10.2. The van der Waals surface area contributed by atoms with E-state index in [2.05, 4.69) is 0 Å². The smallest absolute Gasteiger partial charge is 0.303 e. The van der Waals surface area contributed by atoms with E-state index in [-0.39, 0.29) is 6.29 Å². The van der Waals surface area contributed by atoms with Gasteiger partial charge in [-0.1, -0.05) is 44.9 Å². The molecule has 0 rings (SSSR count). The first-order valence-electron chi connectivity index (χ1n) is 8.10. The highest BCUT2D eigenvalue weighted by atomic mass is 16.7. The molecule has 5 heteroatoms. The summed E-state index contributed by atoms with van der Waals surface area (Å²) in [4.78, 5) is 10.3. The third-order valence-electron chi connectivity index (χ3n) is 3.40. The molecule has 0 aromatic carbocycles. The summed E-state index contributed by atoms with van der Waals surface area (Å²) < 4.78 is 15.5. The van der Waals surface area contributed by atoms with Gasteiger partial charge < -0.3 is 19.3 Å². The van der Waals surface area contributed by atoms with Crippen LogP contribution in [0.2, 0.25) is 0 Å². The monoisotopic (exact) mass is 304 g/mol. The fourth-order valence-electron chi connectivity index (χ4n) is 1.99. The highest BCUT2D eigenvalue weighted by Gasteiger charge is 1.98. The van der Waals surface area contributed by atoms with Gasteiger partial charge in [-0.2, -0.15) is 0 Å². The number of unbranched alkanes of at least 4 members (excludes halogenated alkanes) is 8. The molecule has 0 spiro atoms. The molecule has 126 valence electrons. The van der Waals surface area contributed by atoms with Gasteiger partial charge in [-0.15, -0.1) is 0 Å². The van der Waals surface area contributed by atoms with Gasteiger partial charge in [-0.25, -0.2) is 0 Å². The maximum atomic E-state index is 10.3. The second kappa shape index (κ2) is 15.7. The van der Waals surface area contributed by atoms with Crippen LogP contribution in [0.1, 0.15) is 71.1 Å². The number of aliphatic carboxylic acids is 1. The molecule has 5 nitrogen and oxygen atoms in total. The topological polar surface area (TPSA) is 65.0 Å². The summed E-state index contributed by atoms with van der Waals surface area (Å²) in [6.45, 7) is 2.88. The first-order valence-corrected chi connectivity index (χ1v) is 8.10. The molecular weight excluding hydrogens is 272 g/mol. The zero-order valence-corrected chi connectivity index (χ0v) is 13.6. The highest BCUT2D eigenvalue weighted by molar-refractivity contribution is 5.66. The third kappa shape index (κ3) is 17.3. The van der Waals surface area contributed by atoms with Gasteiger partial charge in [0.15, 0.2) is 6.29 Å². The lowest BCUT2D eigenvalue weighted by Crippen LogP contribution is -2.13. The van der Waals surface area contributed by atoms with E-state index in [0.717, 1.165) is 32.3 Å². The Labute approximate surface area is 129 Å². The molecule has 0 aliphatic carbocycles. The number of carboxylic acid groups (broad SMARTS) is 1. The number of carboxylic acids is 1. The van der Waals surface area contributed by atoms with Gasteiger partial charge in [-0.05, 0) is 19.8 Å². The first kappa shape index (κ1) is 20.3. The predicted octanol–water partition coefficient (Wildman–Crippen LogP) is 3.96. The molecule has 0 aliphatic heterocycles. The largest absolute Gasteiger partial charge is 0.481 e. The number of hydrogen-bond acceptors (Lipinski definition) is 4. The summed E-state index contributed by atoms with van der Waals surface area (Å²) in [5.74, 6) is -0.681. The average molecular weight is 304 g/mol. The van der Waals surface area contributed by atoms with Gasteiger partial charge in [-0.3, -0.25) is 4.79 Å². The number of hydrogen-bond donors (Lipinski definition) is 1. The van der Waals surface area contributed by atoms with Crippen LogP contribution in [0.3, 0.4) is 0 Å². The molecule has 0 aromatic heterocycles. The normalized spacial score (nSPS) is 12.5. The maximum Gasteiger partial charge on any atom is 0.303 e. The Morgan fingerprint density at radius 3 is 2.00 bits per heavy atom. The van der Waals surface area contributed by atoms with Crippen LogP contribution in [-0.2, 0) is 19.0 Å². The SMILES string of the molecule is COC(C)OCOCCCCCCCCCCCC(=O)O. The van der Waals surface area contributed by atoms with Gasteiger partial charge in [0, 0.05) is 20.1 Å². The van der Waals surface area contributed by atoms with Crippen molar-refractivity contribution in [2.75, 3.05) is 20.5 Å². The Balaban J connectivity index is 3.01. The van der Waals surface area contributed by atoms with Crippen LogP contribution < -0.4 is 0 Å². The third-order valence-corrected chi connectivity index (χ3v) is 3.40. The molecule has 0 aliphatic rings. The van der Waals surface area contributed by atoms with E-state index in [9.17, 15) is 4.79 Å². The van der Waals surface area contributed by atoms with Crippen LogP contribution in [-0.4, -0.2) is 37.9 Å². The number of rotatable bonds is 16. The van der Waals surface area contributed by atoms with Gasteiger partial charge in [0.25, 0.3) is 0 Å². The van der Waals surface area contributed by atoms with Gasteiger partial charge in [0.1, 0.15) is 6.79 Å². The molecule has 0 aromatic rings. The van der Waals surface area contributed by atoms with Crippen molar-refractivity contribution in [1.82, 2.24) is 0 Å². The lowest BCUT2D eigenvalue weighted by atomic mass is 10.1. The number of methoxy groups -OCH3 is 1. The average Bonchev–Trinajstić information content (AvgIpc) is 2.46. The molecular formula is C16H32O5. The van der Waals surface area contributed by atoms with Gasteiger partial charge in [0.05, 0.1) is 0 Å². The Kier molecular flexibility index (Phi) is 15.2. The molecule has 0 heterocycles. The summed E-state index contributed by atoms with van der Waals surface area (Å²) in [7, 11) is 1.61. The number of ether oxygens (including phenoxy) is 3. The minimum absolute atomic E-state index is 0.208. The van der Waals surface area contributed by atoms with Crippen molar-refractivity contribution < 1.29 is 24.1 Å². The van der Waals surface area contributed by atoms with E-state index < -0.39 is 5.97 Å². The van der Waals surface area contributed by atoms with E-state index in [1.165, 1.54) is 32.1 Å². The molecule has 0 radical (unpaired) electrons. The van der Waals surface area contributed by atoms with Crippen molar-refractivity contribution in [3.05, 3.63) is 0 Å².